The summed E-state index contributed by atoms with van der Waals surface area (Å²) >= 11 is 0. The summed E-state index contributed by atoms with van der Waals surface area (Å²) in [7, 11) is 0. The van der Waals surface area contributed by atoms with E-state index in [-0.39, 0.29) is 19.2 Å². The number of aliphatic hydroxyl groups excluding tert-OH is 1. The molecule has 0 saturated heterocycles. The van der Waals surface area contributed by atoms with E-state index in [1.54, 1.807) is 0 Å². The highest BCUT2D eigenvalue weighted by Gasteiger charge is 2.13. The van der Waals surface area contributed by atoms with Gasteiger partial charge in [0.2, 0.25) is 0 Å². The first kappa shape index (κ1) is 42.1. The molecule has 0 fully saturated rings. The third kappa shape index (κ3) is 34.6. The molecule has 0 heterocycles. The van der Waals surface area contributed by atoms with Crippen molar-refractivity contribution < 1.29 is 19.4 Å². The van der Waals surface area contributed by atoms with Crippen molar-refractivity contribution in [2.45, 2.75) is 168 Å². The third-order valence-electron chi connectivity index (χ3n) is 7.58. The number of aliphatic hydroxyl groups is 1. The fraction of sp³-hybridized carbons (Fsp3) is 0.725. The van der Waals surface area contributed by atoms with Gasteiger partial charge in [-0.15, -0.1) is 0 Å². The van der Waals surface area contributed by atoms with Crippen LogP contribution in [-0.2, 0) is 14.3 Å². The molecule has 0 aromatic heterocycles. The SMILES string of the molecule is CC/C=C\C/C=C\C/C=C\CCCCCCCCCC(=O)OC(CO)COCCCCCCCC/C=C\C/C=C\CCCC. The minimum absolute atomic E-state index is 0.183. The molecule has 0 bridgehead atoms. The van der Waals surface area contributed by atoms with Crippen LogP contribution in [0.2, 0.25) is 0 Å². The summed E-state index contributed by atoms with van der Waals surface area (Å²) in [5, 5.41) is 9.56. The third-order valence-corrected chi connectivity index (χ3v) is 7.58. The highest BCUT2D eigenvalue weighted by Crippen LogP contribution is 2.12. The molecule has 0 rings (SSSR count). The lowest BCUT2D eigenvalue weighted by molar-refractivity contribution is -0.154. The molecule has 0 saturated carbocycles. The number of ether oxygens (including phenoxy) is 2. The van der Waals surface area contributed by atoms with Crippen molar-refractivity contribution in [1.82, 2.24) is 0 Å². The lowest BCUT2D eigenvalue weighted by Gasteiger charge is -2.15. The van der Waals surface area contributed by atoms with Crippen LogP contribution in [0.1, 0.15) is 162 Å². The predicted molar refractivity (Wildman–Crippen MR) is 191 cm³/mol. The molecular formula is C40H70O4. The van der Waals surface area contributed by atoms with Gasteiger partial charge in [-0.2, -0.15) is 0 Å². The highest BCUT2D eigenvalue weighted by atomic mass is 16.6. The maximum absolute atomic E-state index is 12.1. The van der Waals surface area contributed by atoms with Crippen LogP contribution in [0.25, 0.3) is 0 Å². The number of allylic oxidation sites excluding steroid dienone is 10. The first-order valence-corrected chi connectivity index (χ1v) is 18.4. The van der Waals surface area contributed by atoms with Crippen LogP contribution in [0.4, 0.5) is 0 Å². The summed E-state index contributed by atoms with van der Waals surface area (Å²) in [6, 6.07) is 0. The fourth-order valence-corrected chi connectivity index (χ4v) is 4.83. The molecule has 4 nitrogen and oxygen atoms in total. The summed E-state index contributed by atoms with van der Waals surface area (Å²) in [5.41, 5.74) is 0. The summed E-state index contributed by atoms with van der Waals surface area (Å²) in [4.78, 5) is 12.1. The van der Waals surface area contributed by atoms with E-state index in [4.69, 9.17) is 9.47 Å². The smallest absolute Gasteiger partial charge is 0.306 e. The number of unbranched alkanes of at least 4 members (excludes halogenated alkanes) is 15. The van der Waals surface area contributed by atoms with Gasteiger partial charge in [0.1, 0.15) is 6.10 Å². The Morgan fingerprint density at radius 1 is 0.568 bits per heavy atom. The topological polar surface area (TPSA) is 55.8 Å². The lowest BCUT2D eigenvalue weighted by atomic mass is 10.1. The zero-order valence-electron chi connectivity index (χ0n) is 28.9. The summed E-state index contributed by atoms with van der Waals surface area (Å²) in [6.07, 6.45) is 48.3. The van der Waals surface area contributed by atoms with Gasteiger partial charge in [-0.3, -0.25) is 4.79 Å². The van der Waals surface area contributed by atoms with Crippen LogP contribution in [0.3, 0.4) is 0 Å². The van der Waals surface area contributed by atoms with Crippen LogP contribution < -0.4 is 0 Å². The van der Waals surface area contributed by atoms with Gasteiger partial charge in [0.25, 0.3) is 0 Å². The average molecular weight is 615 g/mol. The van der Waals surface area contributed by atoms with Gasteiger partial charge >= 0.3 is 5.97 Å². The molecule has 0 spiro atoms. The molecule has 1 atom stereocenters. The van der Waals surface area contributed by atoms with Crippen molar-refractivity contribution >= 4 is 5.97 Å². The Kier molecular flexibility index (Phi) is 35.7. The summed E-state index contributed by atoms with van der Waals surface area (Å²) in [5.74, 6) is -0.218. The Morgan fingerprint density at radius 3 is 1.55 bits per heavy atom. The Morgan fingerprint density at radius 2 is 1.02 bits per heavy atom. The molecule has 0 aliphatic rings. The molecule has 44 heavy (non-hydrogen) atoms. The van der Waals surface area contributed by atoms with E-state index < -0.39 is 6.10 Å². The van der Waals surface area contributed by atoms with E-state index in [9.17, 15) is 9.90 Å². The Hall–Kier alpha value is -1.91. The van der Waals surface area contributed by atoms with Crippen LogP contribution >= 0.6 is 0 Å². The number of esters is 1. The van der Waals surface area contributed by atoms with Crippen molar-refractivity contribution in [2.24, 2.45) is 0 Å². The average Bonchev–Trinajstić information content (AvgIpc) is 3.03. The first-order valence-electron chi connectivity index (χ1n) is 18.4. The van der Waals surface area contributed by atoms with Gasteiger partial charge in [0.15, 0.2) is 0 Å². The van der Waals surface area contributed by atoms with Gasteiger partial charge in [-0.05, 0) is 70.6 Å². The standard InChI is InChI=1S/C40H70O4/c1-3-5-7-9-11-13-15-17-19-20-21-23-25-27-29-31-33-35-40(42)44-39(37-41)38-43-36-34-32-30-28-26-24-22-18-16-14-12-10-8-6-4-2/h5,7,10-13,16-19,39,41H,3-4,6,8-9,14-15,20-38H2,1-2H3/b7-5-,12-10-,13-11-,18-16-,19-17-. The number of hydrogen-bond donors (Lipinski definition) is 1. The van der Waals surface area contributed by atoms with Crippen LogP contribution in [0, 0.1) is 0 Å². The second kappa shape index (κ2) is 37.3. The van der Waals surface area contributed by atoms with Crippen LogP contribution in [0.5, 0.6) is 0 Å². The highest BCUT2D eigenvalue weighted by molar-refractivity contribution is 5.69. The Balaban J connectivity index is 3.50. The molecular weight excluding hydrogens is 544 g/mol. The minimum Gasteiger partial charge on any atom is -0.457 e. The maximum Gasteiger partial charge on any atom is 0.306 e. The molecule has 0 radical (unpaired) electrons. The summed E-state index contributed by atoms with van der Waals surface area (Å²) in [6.45, 7) is 5.15. The molecule has 0 aliphatic heterocycles. The molecule has 254 valence electrons. The molecule has 1 N–H and O–H groups in total. The molecule has 0 aromatic rings. The van der Waals surface area contributed by atoms with E-state index in [2.05, 4.69) is 74.6 Å². The van der Waals surface area contributed by atoms with Crippen molar-refractivity contribution in [1.29, 1.82) is 0 Å². The monoisotopic (exact) mass is 615 g/mol. The zero-order chi connectivity index (χ0) is 32.0. The van der Waals surface area contributed by atoms with Gasteiger partial charge in [0, 0.05) is 13.0 Å². The number of carbonyl (C=O) groups excluding carboxylic acids is 1. The minimum atomic E-state index is -0.546. The number of rotatable bonds is 33. The summed E-state index contributed by atoms with van der Waals surface area (Å²) < 4.78 is 11.1. The predicted octanol–water partition coefficient (Wildman–Crippen LogP) is 11.7. The van der Waals surface area contributed by atoms with Crippen molar-refractivity contribution in [3.05, 3.63) is 60.8 Å². The van der Waals surface area contributed by atoms with Crippen molar-refractivity contribution in [3.63, 3.8) is 0 Å². The van der Waals surface area contributed by atoms with Gasteiger partial charge in [-0.1, -0.05) is 145 Å². The quantitative estimate of drug-likeness (QED) is 0.0454. The molecule has 0 aromatic carbocycles. The first-order chi connectivity index (χ1) is 21.7. The van der Waals surface area contributed by atoms with E-state index in [1.807, 2.05) is 0 Å². The molecule has 0 aliphatic carbocycles. The maximum atomic E-state index is 12.1. The van der Waals surface area contributed by atoms with Gasteiger partial charge < -0.3 is 14.6 Å². The second-order valence-electron chi connectivity index (χ2n) is 11.9. The van der Waals surface area contributed by atoms with Crippen molar-refractivity contribution in [2.75, 3.05) is 19.8 Å². The molecule has 0 amide bonds. The second-order valence-corrected chi connectivity index (χ2v) is 11.9. The number of hydrogen-bond acceptors (Lipinski definition) is 4. The largest absolute Gasteiger partial charge is 0.457 e. The Bertz CT molecular complexity index is 734. The normalized spacial score (nSPS) is 13.1. The van der Waals surface area contributed by atoms with Crippen LogP contribution in [-0.4, -0.2) is 37.0 Å². The Labute approximate surface area is 273 Å². The van der Waals surface area contributed by atoms with Gasteiger partial charge in [0.05, 0.1) is 13.2 Å². The van der Waals surface area contributed by atoms with Gasteiger partial charge in [-0.25, -0.2) is 0 Å². The van der Waals surface area contributed by atoms with Crippen molar-refractivity contribution in [3.8, 4) is 0 Å². The van der Waals surface area contributed by atoms with E-state index in [1.165, 1.54) is 89.9 Å². The van der Waals surface area contributed by atoms with E-state index >= 15 is 0 Å². The van der Waals surface area contributed by atoms with E-state index in [0.29, 0.717) is 13.0 Å². The van der Waals surface area contributed by atoms with Crippen LogP contribution in [0.15, 0.2) is 60.8 Å². The molecule has 4 heteroatoms. The lowest BCUT2D eigenvalue weighted by Crippen LogP contribution is -2.27. The molecule has 1 unspecified atom stereocenters. The number of carbonyl (C=O) groups is 1. The zero-order valence-corrected chi connectivity index (χ0v) is 28.9. The van der Waals surface area contributed by atoms with E-state index in [0.717, 1.165) is 51.4 Å². The fourth-order valence-electron chi connectivity index (χ4n) is 4.83.